The Kier molecular flexibility index (Phi) is 4.82. The number of aliphatic hydroxyl groups is 1. The van der Waals surface area contributed by atoms with Crippen molar-refractivity contribution < 1.29 is 9.50 Å². The first kappa shape index (κ1) is 17.8. The Bertz CT molecular complexity index is 1150. The highest BCUT2D eigenvalue weighted by molar-refractivity contribution is 5.91. The molecule has 3 heterocycles. The number of nitrogens with zero attached hydrogens (tertiary/aromatic N) is 3. The van der Waals surface area contributed by atoms with Gasteiger partial charge < -0.3 is 10.1 Å². The van der Waals surface area contributed by atoms with Crippen molar-refractivity contribution >= 4 is 0 Å². The number of aliphatic hydroxyl groups excluding tert-OH is 1. The monoisotopic (exact) mass is 376 g/mol. The van der Waals surface area contributed by atoms with Crippen LogP contribution in [-0.2, 0) is 6.54 Å². The van der Waals surface area contributed by atoms with Crippen molar-refractivity contribution in [3.05, 3.63) is 83.3 Å². The molecular weight excluding hydrogens is 359 g/mol. The number of hydrogen-bond donors (Lipinski definition) is 2. The summed E-state index contributed by atoms with van der Waals surface area (Å²) in [4.78, 5) is 18.6. The molecule has 0 aliphatic rings. The number of aromatic amines is 1. The number of nitrogens with one attached hydrogen (secondary N) is 1. The van der Waals surface area contributed by atoms with Crippen LogP contribution in [0.1, 0.15) is 0 Å². The Morgan fingerprint density at radius 1 is 1.00 bits per heavy atom. The molecule has 0 radical (unpaired) electrons. The lowest BCUT2D eigenvalue weighted by Crippen LogP contribution is -2.08. The molecule has 0 aliphatic heterocycles. The zero-order valence-corrected chi connectivity index (χ0v) is 14.8. The summed E-state index contributed by atoms with van der Waals surface area (Å²) in [5, 5.41) is 14.2. The van der Waals surface area contributed by atoms with E-state index in [0.717, 1.165) is 16.7 Å². The lowest BCUT2D eigenvalue weighted by atomic mass is 9.97. The fourth-order valence-electron chi connectivity index (χ4n) is 3.21. The molecule has 6 nitrogen and oxygen atoms in total. The van der Waals surface area contributed by atoms with Crippen LogP contribution in [0.15, 0.2) is 71.9 Å². The number of pyridine rings is 2. The molecule has 0 bridgehead atoms. The molecule has 0 amide bonds. The van der Waals surface area contributed by atoms with Gasteiger partial charge in [0.15, 0.2) is 0 Å². The maximum absolute atomic E-state index is 13.4. The van der Waals surface area contributed by atoms with E-state index in [1.165, 1.54) is 18.2 Å². The summed E-state index contributed by atoms with van der Waals surface area (Å²) in [6, 6.07) is 13.1. The van der Waals surface area contributed by atoms with Gasteiger partial charge in [-0.3, -0.25) is 14.5 Å². The van der Waals surface area contributed by atoms with E-state index in [1.54, 1.807) is 41.5 Å². The largest absolute Gasteiger partial charge is 0.394 e. The molecule has 3 aromatic heterocycles. The summed E-state index contributed by atoms with van der Waals surface area (Å²) in [6.45, 7) is 0.137. The molecule has 1 aromatic carbocycles. The van der Waals surface area contributed by atoms with Crippen molar-refractivity contribution in [2.45, 2.75) is 6.54 Å². The van der Waals surface area contributed by atoms with Crippen molar-refractivity contribution in [2.24, 2.45) is 0 Å². The van der Waals surface area contributed by atoms with E-state index in [9.17, 15) is 14.3 Å². The van der Waals surface area contributed by atoms with E-state index in [2.05, 4.69) is 15.1 Å². The maximum Gasteiger partial charge on any atom is 0.248 e. The average molecular weight is 376 g/mol. The first-order valence-corrected chi connectivity index (χ1v) is 8.74. The highest BCUT2D eigenvalue weighted by Gasteiger charge is 2.22. The van der Waals surface area contributed by atoms with Gasteiger partial charge in [-0.05, 0) is 48.0 Å². The molecule has 0 atom stereocenters. The number of aromatic nitrogens is 4. The van der Waals surface area contributed by atoms with Crippen LogP contribution in [0.25, 0.3) is 33.6 Å². The summed E-state index contributed by atoms with van der Waals surface area (Å²) in [6.07, 6.45) is 4.92. The lowest BCUT2D eigenvalue weighted by Gasteiger charge is -2.09. The highest BCUT2D eigenvalue weighted by Crippen LogP contribution is 2.39. The van der Waals surface area contributed by atoms with Crippen LogP contribution in [0.5, 0.6) is 0 Å². The minimum atomic E-state index is -0.334. The van der Waals surface area contributed by atoms with Gasteiger partial charge in [0.05, 0.1) is 18.8 Å². The minimum Gasteiger partial charge on any atom is -0.394 e. The van der Waals surface area contributed by atoms with Crippen LogP contribution in [0.4, 0.5) is 4.39 Å². The van der Waals surface area contributed by atoms with Crippen LogP contribution < -0.4 is 5.56 Å². The third-order valence-corrected chi connectivity index (χ3v) is 4.40. The van der Waals surface area contributed by atoms with E-state index in [-0.39, 0.29) is 24.5 Å². The summed E-state index contributed by atoms with van der Waals surface area (Å²) < 4.78 is 15.1. The second-order valence-electron chi connectivity index (χ2n) is 6.20. The maximum atomic E-state index is 13.4. The number of H-pyrrole nitrogens is 1. The molecule has 0 aliphatic carbocycles. The molecular formula is C21H17FN4O2. The first-order chi connectivity index (χ1) is 13.7. The predicted molar refractivity (Wildman–Crippen MR) is 104 cm³/mol. The van der Waals surface area contributed by atoms with Gasteiger partial charge in [-0.1, -0.05) is 0 Å². The fraction of sp³-hybridized carbons (Fsp3) is 0.0952. The van der Waals surface area contributed by atoms with Gasteiger partial charge in [0.1, 0.15) is 11.5 Å². The highest BCUT2D eigenvalue weighted by atomic mass is 19.1. The summed E-state index contributed by atoms with van der Waals surface area (Å²) in [7, 11) is 0. The van der Waals surface area contributed by atoms with E-state index in [1.807, 2.05) is 12.1 Å². The molecule has 2 N–H and O–H groups in total. The van der Waals surface area contributed by atoms with Gasteiger partial charge in [-0.2, -0.15) is 5.10 Å². The van der Waals surface area contributed by atoms with E-state index >= 15 is 0 Å². The summed E-state index contributed by atoms with van der Waals surface area (Å²) >= 11 is 0. The second-order valence-corrected chi connectivity index (χ2v) is 6.20. The van der Waals surface area contributed by atoms with Crippen molar-refractivity contribution in [3.63, 3.8) is 0 Å². The van der Waals surface area contributed by atoms with Crippen LogP contribution >= 0.6 is 0 Å². The zero-order chi connectivity index (χ0) is 19.5. The quantitative estimate of drug-likeness (QED) is 0.561. The standard InChI is InChI=1S/C21H17FN4O2/c22-17-3-1-15(2-4-17)20-19(14-5-8-23-9-6-14)21(26(25-20)11-12-27)16-7-10-24-18(28)13-16/h1-10,13,27H,11-12H2,(H,24,28). The van der Waals surface area contributed by atoms with Gasteiger partial charge in [0, 0.05) is 41.3 Å². The van der Waals surface area contributed by atoms with Crippen molar-refractivity contribution in [1.29, 1.82) is 0 Å². The molecule has 4 rings (SSSR count). The van der Waals surface area contributed by atoms with E-state index in [0.29, 0.717) is 17.0 Å². The van der Waals surface area contributed by atoms with Crippen LogP contribution in [-0.4, -0.2) is 31.5 Å². The zero-order valence-electron chi connectivity index (χ0n) is 14.8. The molecule has 0 saturated carbocycles. The van der Waals surface area contributed by atoms with Crippen molar-refractivity contribution in [3.8, 4) is 33.6 Å². The third-order valence-electron chi connectivity index (χ3n) is 4.40. The Morgan fingerprint density at radius 3 is 2.43 bits per heavy atom. The molecule has 0 saturated heterocycles. The Hall–Kier alpha value is -3.58. The molecule has 0 unspecified atom stereocenters. The van der Waals surface area contributed by atoms with Crippen LogP contribution in [0.3, 0.4) is 0 Å². The number of benzene rings is 1. The third kappa shape index (κ3) is 3.35. The van der Waals surface area contributed by atoms with E-state index < -0.39 is 0 Å². The average Bonchev–Trinajstić information content (AvgIpc) is 3.09. The Morgan fingerprint density at radius 2 is 1.75 bits per heavy atom. The van der Waals surface area contributed by atoms with Gasteiger partial charge in [0.2, 0.25) is 5.56 Å². The SMILES string of the molecule is O=c1cc(-c2c(-c3ccncc3)c(-c3ccc(F)cc3)nn2CCO)cc[nH]1. The van der Waals surface area contributed by atoms with Gasteiger partial charge >= 0.3 is 0 Å². The van der Waals surface area contributed by atoms with Crippen molar-refractivity contribution in [1.82, 2.24) is 19.7 Å². The topological polar surface area (TPSA) is 83.8 Å². The first-order valence-electron chi connectivity index (χ1n) is 8.74. The van der Waals surface area contributed by atoms with Crippen LogP contribution in [0.2, 0.25) is 0 Å². The minimum absolute atomic E-state index is 0.115. The number of rotatable bonds is 5. The number of hydrogen-bond acceptors (Lipinski definition) is 4. The molecule has 7 heteroatoms. The number of halogens is 1. The molecule has 4 aromatic rings. The molecule has 140 valence electrons. The van der Waals surface area contributed by atoms with E-state index in [4.69, 9.17) is 0 Å². The van der Waals surface area contributed by atoms with Crippen molar-refractivity contribution in [2.75, 3.05) is 6.61 Å². The normalized spacial score (nSPS) is 10.9. The van der Waals surface area contributed by atoms with Crippen LogP contribution in [0, 0.1) is 5.82 Å². The van der Waals surface area contributed by atoms with Gasteiger partial charge in [0.25, 0.3) is 0 Å². The Labute approximate surface area is 160 Å². The molecule has 0 spiro atoms. The Balaban J connectivity index is 2.05. The fourth-order valence-corrected chi connectivity index (χ4v) is 3.21. The van der Waals surface area contributed by atoms with Gasteiger partial charge in [-0.25, -0.2) is 4.39 Å². The summed E-state index contributed by atoms with van der Waals surface area (Å²) in [5.74, 6) is -0.334. The second kappa shape index (κ2) is 7.58. The molecule has 0 fully saturated rings. The smallest absolute Gasteiger partial charge is 0.248 e. The lowest BCUT2D eigenvalue weighted by molar-refractivity contribution is 0.270. The predicted octanol–water partition coefficient (Wildman–Crippen LogP) is 3.10. The molecule has 28 heavy (non-hydrogen) atoms. The summed E-state index contributed by atoms with van der Waals surface area (Å²) in [5.41, 5.74) is 4.14. The van der Waals surface area contributed by atoms with Gasteiger partial charge in [-0.15, -0.1) is 0 Å².